The summed E-state index contributed by atoms with van der Waals surface area (Å²) in [6, 6.07) is 2.12. The number of alkyl halides is 3. The molecule has 118 valence electrons. The van der Waals surface area contributed by atoms with Crippen molar-refractivity contribution in [2.75, 3.05) is 6.54 Å². The smallest absolute Gasteiger partial charge is 0.310 e. The number of hydrogen-bond acceptors (Lipinski definition) is 1. The summed E-state index contributed by atoms with van der Waals surface area (Å²) in [6.45, 7) is 8.20. The Morgan fingerprint density at radius 1 is 1.33 bits per heavy atom. The molecule has 0 fully saturated rings. The Morgan fingerprint density at radius 2 is 2.00 bits per heavy atom. The van der Waals surface area contributed by atoms with Gasteiger partial charge < -0.3 is 5.32 Å². The Morgan fingerprint density at radius 3 is 2.52 bits per heavy atom. The average molecular weight is 303 g/mol. The molecular formula is C16H21F4N. The van der Waals surface area contributed by atoms with Crippen molar-refractivity contribution in [3.8, 4) is 0 Å². The topological polar surface area (TPSA) is 12.0 Å². The van der Waals surface area contributed by atoms with Crippen molar-refractivity contribution in [2.24, 2.45) is 0 Å². The molecule has 0 heterocycles. The summed E-state index contributed by atoms with van der Waals surface area (Å²) in [5, 5.41) is 3.11. The highest BCUT2D eigenvalue weighted by Gasteiger charge is 2.32. The highest BCUT2D eigenvalue weighted by Crippen LogP contribution is 2.33. The fourth-order valence-electron chi connectivity index (χ4n) is 2.06. The average Bonchev–Trinajstić information content (AvgIpc) is 2.38. The summed E-state index contributed by atoms with van der Waals surface area (Å²) in [5.41, 5.74) is 0.169. The standard InChI is InChI=1S/C16H21F4N/c1-4-9-21-15(8-5-11(2)3)13-10-12(16(18,19)20)6-7-14(13)17/h6-7,10,15,21H,2,4-5,8-9H2,1,3H3. The minimum atomic E-state index is -4.47. The van der Waals surface area contributed by atoms with Gasteiger partial charge in [0.25, 0.3) is 0 Å². The molecule has 1 N–H and O–H groups in total. The molecule has 0 aromatic heterocycles. The normalized spacial score (nSPS) is 13.2. The summed E-state index contributed by atoms with van der Waals surface area (Å²) < 4.78 is 52.2. The maximum atomic E-state index is 13.9. The molecule has 1 atom stereocenters. The molecule has 1 rings (SSSR count). The van der Waals surface area contributed by atoms with Crippen LogP contribution in [-0.4, -0.2) is 6.54 Å². The van der Waals surface area contributed by atoms with Crippen molar-refractivity contribution < 1.29 is 17.6 Å². The second-order valence-corrected chi connectivity index (χ2v) is 5.24. The predicted octanol–water partition coefficient (Wildman–Crippen LogP) is 5.24. The van der Waals surface area contributed by atoms with Gasteiger partial charge in [-0.05, 0) is 50.9 Å². The summed E-state index contributed by atoms with van der Waals surface area (Å²) in [7, 11) is 0. The van der Waals surface area contributed by atoms with Gasteiger partial charge in [-0.3, -0.25) is 0 Å². The van der Waals surface area contributed by atoms with Crippen molar-refractivity contribution in [3.63, 3.8) is 0 Å². The maximum absolute atomic E-state index is 13.9. The molecule has 1 unspecified atom stereocenters. The molecule has 1 aromatic carbocycles. The number of benzene rings is 1. The van der Waals surface area contributed by atoms with E-state index in [0.29, 0.717) is 19.4 Å². The monoisotopic (exact) mass is 303 g/mol. The van der Waals surface area contributed by atoms with E-state index >= 15 is 0 Å². The summed E-state index contributed by atoms with van der Waals surface area (Å²) in [5.74, 6) is -0.613. The van der Waals surface area contributed by atoms with Crippen molar-refractivity contribution >= 4 is 0 Å². The van der Waals surface area contributed by atoms with Crippen LogP contribution < -0.4 is 5.32 Å². The minimum absolute atomic E-state index is 0.0690. The summed E-state index contributed by atoms with van der Waals surface area (Å²) >= 11 is 0. The molecule has 0 saturated heterocycles. The summed E-state index contributed by atoms with van der Waals surface area (Å²) in [4.78, 5) is 0. The van der Waals surface area contributed by atoms with Crippen molar-refractivity contribution in [2.45, 2.75) is 45.3 Å². The van der Waals surface area contributed by atoms with E-state index in [4.69, 9.17) is 0 Å². The van der Waals surface area contributed by atoms with Gasteiger partial charge in [-0.15, -0.1) is 6.58 Å². The molecule has 0 aliphatic rings. The third-order valence-electron chi connectivity index (χ3n) is 3.20. The molecule has 0 aliphatic carbocycles. The van der Waals surface area contributed by atoms with E-state index in [1.807, 2.05) is 13.8 Å². The van der Waals surface area contributed by atoms with Gasteiger partial charge in [-0.2, -0.15) is 13.2 Å². The van der Waals surface area contributed by atoms with Crippen molar-refractivity contribution in [3.05, 3.63) is 47.3 Å². The highest BCUT2D eigenvalue weighted by molar-refractivity contribution is 5.29. The fourth-order valence-corrected chi connectivity index (χ4v) is 2.06. The first-order chi connectivity index (χ1) is 9.75. The predicted molar refractivity (Wildman–Crippen MR) is 76.5 cm³/mol. The van der Waals surface area contributed by atoms with Crippen LogP contribution in [0.25, 0.3) is 0 Å². The largest absolute Gasteiger partial charge is 0.416 e. The van der Waals surface area contributed by atoms with E-state index in [-0.39, 0.29) is 5.56 Å². The molecule has 0 saturated carbocycles. The van der Waals surface area contributed by atoms with Crippen LogP contribution in [0, 0.1) is 5.82 Å². The van der Waals surface area contributed by atoms with Gasteiger partial charge in [-0.25, -0.2) is 4.39 Å². The van der Waals surface area contributed by atoms with Gasteiger partial charge in [-0.1, -0.05) is 12.5 Å². The molecule has 0 spiro atoms. The van der Waals surface area contributed by atoms with Crippen LogP contribution >= 0.6 is 0 Å². The lowest BCUT2D eigenvalue weighted by atomic mass is 9.97. The van der Waals surface area contributed by atoms with E-state index in [1.165, 1.54) is 0 Å². The van der Waals surface area contributed by atoms with Crippen LogP contribution in [-0.2, 0) is 6.18 Å². The van der Waals surface area contributed by atoms with E-state index in [1.54, 1.807) is 0 Å². The molecular weight excluding hydrogens is 282 g/mol. The zero-order valence-electron chi connectivity index (χ0n) is 12.4. The van der Waals surface area contributed by atoms with Gasteiger partial charge in [0.1, 0.15) is 5.82 Å². The number of halogens is 4. The Hall–Kier alpha value is -1.36. The van der Waals surface area contributed by atoms with Crippen LogP contribution in [0.2, 0.25) is 0 Å². The van der Waals surface area contributed by atoms with E-state index < -0.39 is 23.6 Å². The lowest BCUT2D eigenvalue weighted by molar-refractivity contribution is -0.137. The van der Waals surface area contributed by atoms with Gasteiger partial charge in [0, 0.05) is 11.6 Å². The minimum Gasteiger partial charge on any atom is -0.310 e. The first-order valence-corrected chi connectivity index (χ1v) is 7.00. The molecule has 1 nitrogen and oxygen atoms in total. The number of rotatable bonds is 7. The molecule has 1 aromatic rings. The molecule has 0 radical (unpaired) electrons. The second-order valence-electron chi connectivity index (χ2n) is 5.24. The van der Waals surface area contributed by atoms with Crippen molar-refractivity contribution in [1.82, 2.24) is 5.32 Å². The molecule has 0 aliphatic heterocycles. The third-order valence-corrected chi connectivity index (χ3v) is 3.20. The van der Waals surface area contributed by atoms with Crippen LogP contribution in [0.3, 0.4) is 0 Å². The zero-order valence-corrected chi connectivity index (χ0v) is 12.4. The van der Waals surface area contributed by atoms with Gasteiger partial charge in [0.15, 0.2) is 0 Å². The SMILES string of the molecule is C=C(C)CCC(NCCC)c1cc(C(F)(F)F)ccc1F. The van der Waals surface area contributed by atoms with Gasteiger partial charge >= 0.3 is 6.18 Å². The van der Waals surface area contributed by atoms with Crippen LogP contribution in [0.15, 0.2) is 30.4 Å². The Bertz CT molecular complexity index is 480. The van der Waals surface area contributed by atoms with Gasteiger partial charge in [0.2, 0.25) is 0 Å². The quantitative estimate of drug-likeness (QED) is 0.536. The summed E-state index contributed by atoms with van der Waals surface area (Å²) in [6.07, 6.45) is -2.49. The molecule has 0 bridgehead atoms. The molecule has 0 amide bonds. The number of nitrogens with one attached hydrogen (secondary N) is 1. The maximum Gasteiger partial charge on any atom is 0.416 e. The second kappa shape index (κ2) is 7.59. The Balaban J connectivity index is 3.06. The van der Waals surface area contributed by atoms with E-state index in [0.717, 1.165) is 30.2 Å². The Kier molecular flexibility index (Phi) is 6.40. The van der Waals surface area contributed by atoms with Crippen molar-refractivity contribution in [1.29, 1.82) is 0 Å². The number of allylic oxidation sites excluding steroid dienone is 1. The lowest BCUT2D eigenvalue weighted by Gasteiger charge is -2.21. The zero-order chi connectivity index (χ0) is 16.0. The highest BCUT2D eigenvalue weighted by atomic mass is 19.4. The lowest BCUT2D eigenvalue weighted by Crippen LogP contribution is -2.23. The van der Waals surface area contributed by atoms with Gasteiger partial charge in [0.05, 0.1) is 5.56 Å². The van der Waals surface area contributed by atoms with E-state index in [2.05, 4.69) is 11.9 Å². The fraction of sp³-hybridized carbons (Fsp3) is 0.500. The van der Waals surface area contributed by atoms with Crippen LogP contribution in [0.5, 0.6) is 0 Å². The first-order valence-electron chi connectivity index (χ1n) is 7.00. The van der Waals surface area contributed by atoms with E-state index in [9.17, 15) is 17.6 Å². The third kappa shape index (κ3) is 5.50. The van der Waals surface area contributed by atoms with Crippen LogP contribution in [0.1, 0.15) is 50.3 Å². The first kappa shape index (κ1) is 17.7. The molecule has 5 heteroatoms. The molecule has 21 heavy (non-hydrogen) atoms. The Labute approximate surface area is 123 Å². The van der Waals surface area contributed by atoms with Crippen LogP contribution in [0.4, 0.5) is 17.6 Å². The number of hydrogen-bond donors (Lipinski definition) is 1.